The van der Waals surface area contributed by atoms with E-state index in [0.29, 0.717) is 35.1 Å². The van der Waals surface area contributed by atoms with Crippen LogP contribution in [0.4, 0.5) is 23.3 Å². The number of amides is 1. The van der Waals surface area contributed by atoms with Crippen molar-refractivity contribution in [3.8, 4) is 0 Å². The molecule has 190 valence electrons. The van der Waals surface area contributed by atoms with Gasteiger partial charge in [-0.05, 0) is 50.7 Å². The molecule has 0 radical (unpaired) electrons. The predicted octanol–water partition coefficient (Wildman–Crippen LogP) is 2.31. The zero-order valence-electron chi connectivity index (χ0n) is 20.4. The third-order valence-corrected chi connectivity index (χ3v) is 7.70. The second kappa shape index (κ2) is 9.21. The number of nitrogens with zero attached hydrogens (tertiary/aromatic N) is 5. The van der Waals surface area contributed by atoms with Crippen LogP contribution in [0.2, 0.25) is 0 Å². The molecule has 5 heterocycles. The fourth-order valence-electron chi connectivity index (χ4n) is 5.36. The maximum Gasteiger partial charge on any atom is 0.257 e. The number of hydrogen-bond donors (Lipinski definition) is 4. The van der Waals surface area contributed by atoms with Crippen LogP contribution in [-0.2, 0) is 4.74 Å². The van der Waals surface area contributed by atoms with Gasteiger partial charge in [-0.2, -0.15) is 9.61 Å². The third kappa shape index (κ3) is 4.22. The van der Waals surface area contributed by atoms with Crippen LogP contribution in [0.25, 0.3) is 5.65 Å². The summed E-state index contributed by atoms with van der Waals surface area (Å²) in [6.07, 6.45) is 6.85. The van der Waals surface area contributed by atoms with Gasteiger partial charge in [-0.15, -0.1) is 0 Å². The van der Waals surface area contributed by atoms with Gasteiger partial charge in [-0.3, -0.25) is 4.79 Å². The van der Waals surface area contributed by atoms with Crippen LogP contribution in [0.1, 0.15) is 48.9 Å². The van der Waals surface area contributed by atoms with Gasteiger partial charge in [0.05, 0.1) is 23.9 Å². The second-order valence-electron chi connectivity index (χ2n) is 9.92. The number of ether oxygens (including phenoxy) is 1. The molecule has 6 rings (SSSR count). The Bertz CT molecular complexity index is 1260. The minimum atomic E-state index is -0.497. The van der Waals surface area contributed by atoms with Crippen LogP contribution in [0, 0.1) is 0 Å². The van der Waals surface area contributed by atoms with Gasteiger partial charge in [0, 0.05) is 32.8 Å². The highest BCUT2D eigenvalue weighted by molar-refractivity contribution is 6.00. The number of piperidine rings is 1. The summed E-state index contributed by atoms with van der Waals surface area (Å²) in [4.78, 5) is 24.7. The smallest absolute Gasteiger partial charge is 0.257 e. The number of hydrogen-bond acceptors (Lipinski definition) is 9. The number of fused-ring (bicyclic) bond motifs is 1. The lowest BCUT2D eigenvalue weighted by Gasteiger charge is -2.39. The van der Waals surface area contributed by atoms with Gasteiger partial charge in [0.25, 0.3) is 5.91 Å². The van der Waals surface area contributed by atoms with Gasteiger partial charge in [0.1, 0.15) is 28.8 Å². The number of carbonyl (C=O) groups is 1. The van der Waals surface area contributed by atoms with E-state index in [0.717, 1.165) is 57.6 Å². The first-order valence-electron chi connectivity index (χ1n) is 12.7. The Hall–Kier alpha value is -3.44. The van der Waals surface area contributed by atoms with Crippen molar-refractivity contribution in [1.82, 2.24) is 24.9 Å². The standard InChI is InChI=1S/C25H32N8O3/c1-26-22-14-20(31-23-16(15-27-33(22)23)24(35)28-17-6-7-18(17)34)29-19-4-2-5-21(30-19)32-11-9-25(10-12-32)8-3-13-36-25/h2,4-5,14-15,17-18,26,34H,3,6-13H2,1H3,(H,28,35)(H,29,30,31)/t17-,18+/m1/s1. The van der Waals surface area contributed by atoms with E-state index in [2.05, 4.69) is 30.9 Å². The molecule has 0 bridgehead atoms. The van der Waals surface area contributed by atoms with Crippen molar-refractivity contribution in [3.05, 3.63) is 36.0 Å². The largest absolute Gasteiger partial charge is 0.391 e. The first-order chi connectivity index (χ1) is 17.5. The maximum absolute atomic E-state index is 12.9. The molecule has 11 nitrogen and oxygen atoms in total. The molecule has 11 heteroatoms. The highest BCUT2D eigenvalue weighted by Gasteiger charge is 2.38. The van der Waals surface area contributed by atoms with Crippen LogP contribution in [0.3, 0.4) is 0 Å². The van der Waals surface area contributed by atoms with Crippen LogP contribution < -0.4 is 20.9 Å². The van der Waals surface area contributed by atoms with Crippen LogP contribution in [0.5, 0.6) is 0 Å². The molecule has 3 aliphatic rings. The number of rotatable bonds is 6. The van der Waals surface area contributed by atoms with Crippen molar-refractivity contribution in [2.45, 2.75) is 56.3 Å². The fourth-order valence-corrected chi connectivity index (χ4v) is 5.36. The Labute approximate surface area is 209 Å². The number of anilines is 4. The Morgan fingerprint density at radius 2 is 2.03 bits per heavy atom. The van der Waals surface area contributed by atoms with Crippen LogP contribution >= 0.6 is 0 Å². The van der Waals surface area contributed by atoms with E-state index in [1.807, 2.05) is 24.3 Å². The summed E-state index contributed by atoms with van der Waals surface area (Å²) in [5.74, 6) is 2.53. The van der Waals surface area contributed by atoms with Gasteiger partial charge in [-0.1, -0.05) is 6.07 Å². The zero-order valence-corrected chi connectivity index (χ0v) is 20.4. The summed E-state index contributed by atoms with van der Waals surface area (Å²) in [6.45, 7) is 2.73. The van der Waals surface area contributed by atoms with Crippen molar-refractivity contribution in [2.24, 2.45) is 0 Å². The summed E-state index contributed by atoms with van der Waals surface area (Å²) < 4.78 is 7.65. The fraction of sp³-hybridized carbons (Fsp3) is 0.520. The normalized spacial score (nSPS) is 23.0. The summed E-state index contributed by atoms with van der Waals surface area (Å²) >= 11 is 0. The maximum atomic E-state index is 12.9. The van der Waals surface area contributed by atoms with Gasteiger partial charge in [0.15, 0.2) is 5.65 Å². The van der Waals surface area contributed by atoms with Gasteiger partial charge in [-0.25, -0.2) is 9.97 Å². The van der Waals surface area contributed by atoms with E-state index >= 15 is 0 Å². The highest BCUT2D eigenvalue weighted by atomic mass is 16.5. The van der Waals surface area contributed by atoms with E-state index in [4.69, 9.17) is 9.72 Å². The number of nitrogens with one attached hydrogen (secondary N) is 3. The molecular formula is C25H32N8O3. The minimum Gasteiger partial charge on any atom is -0.391 e. The molecule has 36 heavy (non-hydrogen) atoms. The summed E-state index contributed by atoms with van der Waals surface area (Å²) in [5.41, 5.74) is 0.846. The van der Waals surface area contributed by atoms with E-state index in [1.54, 1.807) is 11.6 Å². The van der Waals surface area contributed by atoms with Gasteiger partial charge >= 0.3 is 0 Å². The summed E-state index contributed by atoms with van der Waals surface area (Å²) in [7, 11) is 1.79. The molecule has 1 spiro atoms. The van der Waals surface area contributed by atoms with E-state index < -0.39 is 6.10 Å². The molecule has 2 aliphatic heterocycles. The predicted molar refractivity (Wildman–Crippen MR) is 136 cm³/mol. The lowest BCUT2D eigenvalue weighted by molar-refractivity contribution is -0.0147. The molecule has 0 unspecified atom stereocenters. The lowest BCUT2D eigenvalue weighted by atomic mass is 9.89. The Morgan fingerprint density at radius 3 is 2.72 bits per heavy atom. The molecule has 2 saturated heterocycles. The number of carbonyl (C=O) groups excluding carboxylic acids is 1. The minimum absolute atomic E-state index is 0.0706. The molecule has 3 fully saturated rings. The van der Waals surface area contributed by atoms with Crippen molar-refractivity contribution in [3.63, 3.8) is 0 Å². The number of aliphatic hydroxyl groups is 1. The Kier molecular flexibility index (Phi) is 5.88. The number of aromatic nitrogens is 4. The second-order valence-corrected chi connectivity index (χ2v) is 9.92. The molecule has 1 aliphatic carbocycles. The molecular weight excluding hydrogens is 460 g/mol. The third-order valence-electron chi connectivity index (χ3n) is 7.70. The molecule has 3 aromatic heterocycles. The average Bonchev–Trinajstić information content (AvgIpc) is 3.54. The van der Waals surface area contributed by atoms with Crippen molar-refractivity contribution in [1.29, 1.82) is 0 Å². The van der Waals surface area contributed by atoms with Crippen molar-refractivity contribution in [2.75, 3.05) is 42.3 Å². The lowest BCUT2D eigenvalue weighted by Crippen LogP contribution is -2.50. The van der Waals surface area contributed by atoms with Crippen molar-refractivity contribution < 1.29 is 14.6 Å². The Balaban J connectivity index is 1.22. The summed E-state index contributed by atoms with van der Waals surface area (Å²) in [5, 5.41) is 23.5. The first kappa shape index (κ1) is 23.0. The molecule has 1 amide bonds. The quantitative estimate of drug-likeness (QED) is 0.410. The SMILES string of the molecule is CNc1cc(Nc2cccc(N3CCC4(CCCO4)CC3)n2)nc2c(C(=O)N[C@@H]3CC[C@@H]3O)cnn12. The molecule has 1 saturated carbocycles. The first-order valence-corrected chi connectivity index (χ1v) is 12.7. The van der Waals surface area contributed by atoms with Crippen LogP contribution in [-0.4, -0.2) is 75.1 Å². The van der Waals surface area contributed by atoms with Crippen molar-refractivity contribution >= 4 is 34.8 Å². The average molecular weight is 493 g/mol. The molecule has 2 atom stereocenters. The molecule has 0 aromatic carbocycles. The van der Waals surface area contributed by atoms with Gasteiger partial charge < -0.3 is 30.7 Å². The molecule has 3 aromatic rings. The zero-order chi connectivity index (χ0) is 24.7. The highest BCUT2D eigenvalue weighted by Crippen LogP contribution is 2.36. The topological polar surface area (TPSA) is 129 Å². The van der Waals surface area contributed by atoms with E-state index in [-0.39, 0.29) is 17.6 Å². The van der Waals surface area contributed by atoms with Gasteiger partial charge in [0.2, 0.25) is 0 Å². The van der Waals surface area contributed by atoms with E-state index in [9.17, 15) is 9.90 Å². The monoisotopic (exact) mass is 492 g/mol. The van der Waals surface area contributed by atoms with E-state index in [1.165, 1.54) is 6.20 Å². The number of aliphatic hydroxyl groups excluding tert-OH is 1. The summed E-state index contributed by atoms with van der Waals surface area (Å²) in [6, 6.07) is 7.52. The number of pyridine rings is 1. The molecule has 4 N–H and O–H groups in total. The Morgan fingerprint density at radius 1 is 1.17 bits per heavy atom. The van der Waals surface area contributed by atoms with Crippen LogP contribution in [0.15, 0.2) is 30.5 Å².